The molecule has 0 nitrogen and oxygen atoms in total. The Morgan fingerprint density at radius 3 is 2.08 bits per heavy atom. The van der Waals surface area contributed by atoms with Crippen molar-refractivity contribution >= 4 is 11.3 Å². The van der Waals surface area contributed by atoms with Gasteiger partial charge in [-0.25, -0.2) is 0 Å². The average Bonchev–Trinajstić information content (AvgIpc) is 2.25. The Morgan fingerprint density at radius 2 is 1.83 bits per heavy atom. The van der Waals surface area contributed by atoms with Gasteiger partial charge in [0, 0.05) is 9.75 Å². The van der Waals surface area contributed by atoms with Gasteiger partial charge in [0.05, 0.1) is 0 Å². The average molecular weight is 182 g/mol. The van der Waals surface area contributed by atoms with Crippen molar-refractivity contribution in [1.82, 2.24) is 0 Å². The Hall–Kier alpha value is -0.300. The number of hydrogen-bond acceptors (Lipinski definition) is 1. The molecule has 0 aliphatic heterocycles. The van der Waals surface area contributed by atoms with Gasteiger partial charge in [-0.3, -0.25) is 0 Å². The van der Waals surface area contributed by atoms with E-state index in [1.807, 2.05) is 11.3 Å². The van der Waals surface area contributed by atoms with Crippen LogP contribution in [0.25, 0.3) is 0 Å². The zero-order valence-corrected chi connectivity index (χ0v) is 9.51. The quantitative estimate of drug-likeness (QED) is 0.647. The van der Waals surface area contributed by atoms with Crippen LogP contribution in [0.4, 0.5) is 0 Å². The highest BCUT2D eigenvalue weighted by Gasteiger charge is 2.12. The fourth-order valence-corrected chi connectivity index (χ4v) is 3.18. The molecule has 1 heterocycles. The predicted molar refractivity (Wildman–Crippen MR) is 57.3 cm³/mol. The van der Waals surface area contributed by atoms with Gasteiger partial charge in [0.1, 0.15) is 0 Å². The lowest BCUT2D eigenvalue weighted by molar-refractivity contribution is 0.852. The monoisotopic (exact) mass is 182 g/mol. The summed E-state index contributed by atoms with van der Waals surface area (Å²) in [5.74, 6) is 0.682. The molecule has 1 rings (SSSR count). The third kappa shape index (κ3) is 1.56. The Labute approximate surface area is 79.6 Å². The molecular formula is C11H18S. The number of thiophene rings is 1. The third-order valence-corrected chi connectivity index (χ3v) is 3.74. The van der Waals surface area contributed by atoms with E-state index < -0.39 is 0 Å². The van der Waals surface area contributed by atoms with Crippen LogP contribution in [0.3, 0.4) is 0 Å². The van der Waals surface area contributed by atoms with Gasteiger partial charge in [-0.05, 0) is 37.3 Å². The van der Waals surface area contributed by atoms with Crippen molar-refractivity contribution in [2.75, 3.05) is 0 Å². The summed E-state index contributed by atoms with van der Waals surface area (Å²) in [5.41, 5.74) is 3.12. The highest BCUT2D eigenvalue weighted by Crippen LogP contribution is 2.32. The van der Waals surface area contributed by atoms with E-state index in [2.05, 4.69) is 34.6 Å². The van der Waals surface area contributed by atoms with Crippen LogP contribution in [0.1, 0.15) is 47.6 Å². The standard InChI is InChI=1S/C11H18S/c1-6-10-8(4)11(7(2)3)9(5)12-10/h7H,6H2,1-5H3. The molecule has 0 amide bonds. The zero-order chi connectivity index (χ0) is 9.30. The van der Waals surface area contributed by atoms with Crippen molar-refractivity contribution in [3.8, 4) is 0 Å². The summed E-state index contributed by atoms with van der Waals surface area (Å²) in [4.78, 5) is 3.08. The molecule has 0 spiro atoms. The molecular weight excluding hydrogens is 164 g/mol. The second-order valence-electron chi connectivity index (χ2n) is 3.63. The fraction of sp³-hybridized carbons (Fsp3) is 0.636. The van der Waals surface area contributed by atoms with Crippen LogP contribution in [0.5, 0.6) is 0 Å². The Balaban J connectivity index is 3.19. The minimum absolute atomic E-state index is 0.682. The number of hydrogen-bond donors (Lipinski definition) is 0. The van der Waals surface area contributed by atoms with Crippen molar-refractivity contribution in [2.24, 2.45) is 0 Å². The molecule has 0 bridgehead atoms. The maximum atomic E-state index is 2.28. The van der Waals surface area contributed by atoms with Gasteiger partial charge >= 0.3 is 0 Å². The van der Waals surface area contributed by atoms with Gasteiger partial charge < -0.3 is 0 Å². The molecule has 0 saturated carbocycles. The summed E-state index contributed by atoms with van der Waals surface area (Å²) in [6.45, 7) is 11.3. The van der Waals surface area contributed by atoms with Crippen LogP contribution >= 0.6 is 11.3 Å². The fourth-order valence-electron chi connectivity index (χ4n) is 1.91. The van der Waals surface area contributed by atoms with Crippen LogP contribution < -0.4 is 0 Å². The van der Waals surface area contributed by atoms with Gasteiger partial charge in [-0.1, -0.05) is 20.8 Å². The summed E-state index contributed by atoms with van der Waals surface area (Å²) >= 11 is 1.97. The van der Waals surface area contributed by atoms with Crippen molar-refractivity contribution in [3.63, 3.8) is 0 Å². The van der Waals surface area contributed by atoms with Crippen LogP contribution in [0, 0.1) is 13.8 Å². The molecule has 0 N–H and O–H groups in total. The summed E-state index contributed by atoms with van der Waals surface area (Å²) in [6.07, 6.45) is 1.18. The zero-order valence-electron chi connectivity index (χ0n) is 8.69. The molecule has 0 atom stereocenters. The van der Waals surface area contributed by atoms with Crippen molar-refractivity contribution in [2.45, 2.75) is 47.0 Å². The van der Waals surface area contributed by atoms with Gasteiger partial charge in [0.15, 0.2) is 0 Å². The van der Waals surface area contributed by atoms with E-state index in [0.717, 1.165) is 0 Å². The highest BCUT2D eigenvalue weighted by molar-refractivity contribution is 7.12. The van der Waals surface area contributed by atoms with E-state index in [4.69, 9.17) is 0 Å². The third-order valence-electron chi connectivity index (χ3n) is 2.38. The molecule has 1 heteroatoms. The SMILES string of the molecule is CCc1sc(C)c(C(C)C)c1C. The van der Waals surface area contributed by atoms with Gasteiger partial charge in [-0.15, -0.1) is 11.3 Å². The molecule has 0 saturated heterocycles. The highest BCUT2D eigenvalue weighted by atomic mass is 32.1. The van der Waals surface area contributed by atoms with Crippen LogP contribution in [0.2, 0.25) is 0 Å². The molecule has 12 heavy (non-hydrogen) atoms. The van der Waals surface area contributed by atoms with Crippen molar-refractivity contribution in [3.05, 3.63) is 20.9 Å². The first kappa shape index (κ1) is 9.79. The van der Waals surface area contributed by atoms with E-state index in [0.29, 0.717) is 5.92 Å². The summed E-state index contributed by atoms with van der Waals surface area (Å²) in [7, 11) is 0. The van der Waals surface area contributed by atoms with Crippen LogP contribution in [-0.4, -0.2) is 0 Å². The molecule has 0 radical (unpaired) electrons. The lowest BCUT2D eigenvalue weighted by Gasteiger charge is -2.06. The van der Waals surface area contributed by atoms with Crippen LogP contribution in [0.15, 0.2) is 0 Å². The second-order valence-corrected chi connectivity index (χ2v) is 4.94. The topological polar surface area (TPSA) is 0 Å². The molecule has 1 aromatic rings. The van der Waals surface area contributed by atoms with E-state index >= 15 is 0 Å². The molecule has 68 valence electrons. The lowest BCUT2D eigenvalue weighted by atomic mass is 9.98. The molecule has 0 fully saturated rings. The Kier molecular flexibility index (Phi) is 2.94. The van der Waals surface area contributed by atoms with E-state index in [-0.39, 0.29) is 0 Å². The number of aryl methyl sites for hydroxylation is 2. The maximum absolute atomic E-state index is 2.28. The molecule has 0 aromatic carbocycles. The summed E-state index contributed by atoms with van der Waals surface area (Å²) in [5, 5.41) is 0. The predicted octanol–water partition coefficient (Wildman–Crippen LogP) is 4.05. The molecule has 0 aliphatic carbocycles. The number of rotatable bonds is 2. The molecule has 0 aliphatic rings. The Morgan fingerprint density at radius 1 is 1.25 bits per heavy atom. The largest absolute Gasteiger partial charge is 0.145 e. The smallest absolute Gasteiger partial charge is 0.00774 e. The first-order valence-corrected chi connectivity index (χ1v) is 5.48. The van der Waals surface area contributed by atoms with Crippen LogP contribution in [-0.2, 0) is 6.42 Å². The van der Waals surface area contributed by atoms with Crippen molar-refractivity contribution in [1.29, 1.82) is 0 Å². The first-order valence-electron chi connectivity index (χ1n) is 4.66. The summed E-state index contributed by atoms with van der Waals surface area (Å²) < 4.78 is 0. The minimum Gasteiger partial charge on any atom is -0.145 e. The lowest BCUT2D eigenvalue weighted by Crippen LogP contribution is -1.90. The normalized spacial score (nSPS) is 11.2. The minimum atomic E-state index is 0.682. The maximum Gasteiger partial charge on any atom is 0.00774 e. The Bertz CT molecular complexity index is 269. The second kappa shape index (κ2) is 3.61. The first-order chi connectivity index (χ1) is 5.57. The van der Waals surface area contributed by atoms with E-state index in [1.54, 1.807) is 10.4 Å². The molecule has 0 unspecified atom stereocenters. The molecule has 1 aromatic heterocycles. The van der Waals surface area contributed by atoms with E-state index in [1.165, 1.54) is 16.9 Å². The van der Waals surface area contributed by atoms with Gasteiger partial charge in [0.2, 0.25) is 0 Å². The van der Waals surface area contributed by atoms with Crippen molar-refractivity contribution < 1.29 is 0 Å². The summed E-state index contributed by atoms with van der Waals surface area (Å²) in [6, 6.07) is 0. The van der Waals surface area contributed by atoms with Gasteiger partial charge in [-0.2, -0.15) is 0 Å². The van der Waals surface area contributed by atoms with Gasteiger partial charge in [0.25, 0.3) is 0 Å². The van der Waals surface area contributed by atoms with E-state index in [9.17, 15) is 0 Å².